The number of ether oxygens (including phenoxy) is 2. The van der Waals surface area contributed by atoms with Gasteiger partial charge in [-0.1, -0.05) is 6.42 Å². The standard InChI is InChI=1S/C19H22N2O7/c1-27-16-9-14(21(25)26)5-6-15(16)20-17(22)10-28-19(24)13-7-11-3-2-4-12(8-13)18(11)23/h5-6,9,11-13H,2-4,7-8,10H2,1H3,(H,20,22)/t11-,12-/m1/s1. The number of hydrogen-bond acceptors (Lipinski definition) is 7. The summed E-state index contributed by atoms with van der Waals surface area (Å²) in [7, 11) is 1.33. The Balaban J connectivity index is 1.54. The minimum absolute atomic E-state index is 0.0664. The molecule has 2 aliphatic rings. The molecule has 1 N–H and O–H groups in total. The molecule has 3 rings (SSSR count). The van der Waals surface area contributed by atoms with Crippen molar-refractivity contribution in [3.8, 4) is 5.75 Å². The van der Waals surface area contributed by atoms with Gasteiger partial charge in [-0.25, -0.2) is 0 Å². The monoisotopic (exact) mass is 390 g/mol. The number of hydrogen-bond donors (Lipinski definition) is 1. The van der Waals surface area contributed by atoms with Gasteiger partial charge in [0.2, 0.25) is 0 Å². The van der Waals surface area contributed by atoms with Crippen LogP contribution < -0.4 is 10.1 Å². The van der Waals surface area contributed by atoms with Gasteiger partial charge in [-0.2, -0.15) is 0 Å². The Morgan fingerprint density at radius 2 is 1.93 bits per heavy atom. The lowest BCUT2D eigenvalue weighted by atomic mass is 9.67. The van der Waals surface area contributed by atoms with Crippen LogP contribution in [0.3, 0.4) is 0 Å². The number of amides is 1. The molecule has 0 unspecified atom stereocenters. The van der Waals surface area contributed by atoms with E-state index in [9.17, 15) is 24.5 Å². The molecule has 2 saturated carbocycles. The van der Waals surface area contributed by atoms with Crippen LogP contribution in [0.1, 0.15) is 32.1 Å². The average molecular weight is 390 g/mol. The topological polar surface area (TPSA) is 125 Å². The van der Waals surface area contributed by atoms with Gasteiger partial charge < -0.3 is 14.8 Å². The van der Waals surface area contributed by atoms with Gasteiger partial charge in [0.25, 0.3) is 11.6 Å². The molecule has 150 valence electrons. The van der Waals surface area contributed by atoms with Gasteiger partial charge in [0.15, 0.2) is 6.61 Å². The average Bonchev–Trinajstić information content (AvgIpc) is 2.66. The predicted molar refractivity (Wildman–Crippen MR) is 97.8 cm³/mol. The van der Waals surface area contributed by atoms with Gasteiger partial charge in [-0.15, -0.1) is 0 Å². The van der Waals surface area contributed by atoms with Gasteiger partial charge in [0.05, 0.1) is 29.7 Å². The zero-order chi connectivity index (χ0) is 20.3. The summed E-state index contributed by atoms with van der Waals surface area (Å²) in [6.07, 6.45) is 3.64. The fourth-order valence-electron chi connectivity index (χ4n) is 4.01. The highest BCUT2D eigenvalue weighted by Gasteiger charge is 2.41. The summed E-state index contributed by atoms with van der Waals surface area (Å²) in [5.41, 5.74) is 0.0746. The number of Topliss-reactive ketones (excluding diaryl/α,β-unsaturated/α-hetero) is 1. The van der Waals surface area contributed by atoms with Crippen molar-refractivity contribution in [3.63, 3.8) is 0 Å². The number of esters is 1. The van der Waals surface area contributed by atoms with Crippen molar-refractivity contribution in [2.75, 3.05) is 19.0 Å². The third kappa shape index (κ3) is 4.29. The molecular formula is C19H22N2O7. The maximum atomic E-state index is 12.3. The van der Waals surface area contributed by atoms with E-state index < -0.39 is 23.4 Å². The smallest absolute Gasteiger partial charge is 0.309 e. The van der Waals surface area contributed by atoms with E-state index in [1.807, 2.05) is 0 Å². The summed E-state index contributed by atoms with van der Waals surface area (Å²) in [4.78, 5) is 46.8. The summed E-state index contributed by atoms with van der Waals surface area (Å²) in [6, 6.07) is 3.78. The molecule has 0 heterocycles. The van der Waals surface area contributed by atoms with E-state index >= 15 is 0 Å². The molecule has 2 fully saturated rings. The first kappa shape index (κ1) is 19.8. The molecule has 9 nitrogen and oxygen atoms in total. The third-order valence-electron chi connectivity index (χ3n) is 5.40. The SMILES string of the molecule is COc1cc([N+](=O)[O-])ccc1NC(=O)COC(=O)C1C[C@H]2CCC[C@H](C1)C2=O. The number of nitrogens with one attached hydrogen (secondary N) is 1. The van der Waals surface area contributed by atoms with Gasteiger partial charge in [0.1, 0.15) is 11.5 Å². The Labute approximate surface area is 161 Å². The highest BCUT2D eigenvalue weighted by atomic mass is 16.6. The Morgan fingerprint density at radius 3 is 2.54 bits per heavy atom. The van der Waals surface area contributed by atoms with Crippen molar-refractivity contribution >= 4 is 29.0 Å². The summed E-state index contributed by atoms with van der Waals surface area (Å²) in [5.74, 6) is -1.13. The Kier molecular flexibility index (Phi) is 5.91. The zero-order valence-electron chi connectivity index (χ0n) is 15.5. The maximum Gasteiger partial charge on any atom is 0.309 e. The minimum atomic E-state index is -0.576. The number of ketones is 1. The lowest BCUT2D eigenvalue weighted by Gasteiger charge is -2.36. The molecule has 2 atom stereocenters. The van der Waals surface area contributed by atoms with Gasteiger partial charge in [-0.05, 0) is 31.7 Å². The summed E-state index contributed by atoms with van der Waals surface area (Å²) >= 11 is 0. The van der Waals surface area contributed by atoms with E-state index in [-0.39, 0.29) is 40.7 Å². The predicted octanol–water partition coefficient (Wildman–Crippen LogP) is 2.48. The number of carbonyl (C=O) groups excluding carboxylic acids is 3. The normalized spacial score (nSPS) is 23.6. The first-order valence-electron chi connectivity index (χ1n) is 9.21. The summed E-state index contributed by atoms with van der Waals surface area (Å²) in [6.45, 7) is -0.473. The van der Waals surface area contributed by atoms with Crippen molar-refractivity contribution in [3.05, 3.63) is 28.3 Å². The molecule has 1 aromatic carbocycles. The quantitative estimate of drug-likeness (QED) is 0.449. The van der Waals surface area contributed by atoms with Crippen LogP contribution in [-0.2, 0) is 19.1 Å². The Hall–Kier alpha value is -2.97. The van der Waals surface area contributed by atoms with Crippen molar-refractivity contribution in [2.24, 2.45) is 17.8 Å². The molecule has 0 aromatic heterocycles. The second-order valence-electron chi connectivity index (χ2n) is 7.19. The van der Waals surface area contributed by atoms with Gasteiger partial charge in [0, 0.05) is 17.9 Å². The zero-order valence-corrected chi connectivity index (χ0v) is 15.5. The molecule has 0 radical (unpaired) electrons. The molecule has 1 amide bonds. The molecule has 0 saturated heterocycles. The van der Waals surface area contributed by atoms with E-state index in [4.69, 9.17) is 9.47 Å². The number of non-ortho nitro benzene ring substituents is 1. The van der Waals surface area contributed by atoms with Crippen LogP contribution in [0.4, 0.5) is 11.4 Å². The van der Waals surface area contributed by atoms with Crippen LogP contribution in [0.15, 0.2) is 18.2 Å². The molecule has 28 heavy (non-hydrogen) atoms. The maximum absolute atomic E-state index is 12.3. The number of nitro groups is 1. The van der Waals surface area contributed by atoms with Crippen molar-refractivity contribution in [1.82, 2.24) is 0 Å². The largest absolute Gasteiger partial charge is 0.494 e. The van der Waals surface area contributed by atoms with Crippen LogP contribution in [0.2, 0.25) is 0 Å². The van der Waals surface area contributed by atoms with Crippen LogP contribution in [0, 0.1) is 27.9 Å². The van der Waals surface area contributed by atoms with E-state index in [1.165, 1.54) is 25.3 Å². The number of fused-ring (bicyclic) bond motifs is 2. The number of nitro benzene ring substituents is 1. The van der Waals surface area contributed by atoms with E-state index in [1.54, 1.807) is 0 Å². The van der Waals surface area contributed by atoms with Crippen LogP contribution in [0.5, 0.6) is 5.75 Å². The van der Waals surface area contributed by atoms with Crippen LogP contribution in [-0.4, -0.2) is 36.3 Å². The molecule has 1 aromatic rings. The lowest BCUT2D eigenvalue weighted by molar-refractivity contribution is -0.384. The number of benzene rings is 1. The molecule has 2 bridgehead atoms. The van der Waals surface area contributed by atoms with Crippen LogP contribution >= 0.6 is 0 Å². The Morgan fingerprint density at radius 1 is 1.25 bits per heavy atom. The lowest BCUT2D eigenvalue weighted by Crippen LogP contribution is -2.40. The number of nitrogens with zero attached hydrogens (tertiary/aromatic N) is 1. The summed E-state index contributed by atoms with van der Waals surface area (Å²) < 4.78 is 10.2. The number of carbonyl (C=O) groups is 3. The van der Waals surface area contributed by atoms with Crippen molar-refractivity contribution < 1.29 is 28.8 Å². The molecule has 0 spiro atoms. The number of rotatable bonds is 6. The molecule has 9 heteroatoms. The molecule has 0 aliphatic heterocycles. The molecular weight excluding hydrogens is 368 g/mol. The molecule has 2 aliphatic carbocycles. The second kappa shape index (κ2) is 8.37. The van der Waals surface area contributed by atoms with E-state index in [0.29, 0.717) is 12.8 Å². The fraction of sp³-hybridized carbons (Fsp3) is 0.526. The van der Waals surface area contributed by atoms with Gasteiger partial charge >= 0.3 is 5.97 Å². The van der Waals surface area contributed by atoms with Crippen molar-refractivity contribution in [1.29, 1.82) is 0 Å². The fourth-order valence-corrected chi connectivity index (χ4v) is 4.01. The van der Waals surface area contributed by atoms with Crippen molar-refractivity contribution in [2.45, 2.75) is 32.1 Å². The highest BCUT2D eigenvalue weighted by molar-refractivity contribution is 5.94. The first-order chi connectivity index (χ1) is 13.4. The highest BCUT2D eigenvalue weighted by Crippen LogP contribution is 2.40. The Bertz CT molecular complexity index is 791. The van der Waals surface area contributed by atoms with E-state index in [2.05, 4.69) is 5.32 Å². The number of anilines is 1. The van der Waals surface area contributed by atoms with E-state index in [0.717, 1.165) is 19.3 Å². The van der Waals surface area contributed by atoms with Crippen LogP contribution in [0.25, 0.3) is 0 Å². The minimum Gasteiger partial charge on any atom is -0.494 e. The third-order valence-corrected chi connectivity index (χ3v) is 5.40. The first-order valence-corrected chi connectivity index (χ1v) is 9.21. The second-order valence-corrected chi connectivity index (χ2v) is 7.19. The van der Waals surface area contributed by atoms with Gasteiger partial charge in [-0.3, -0.25) is 24.5 Å². The number of methoxy groups -OCH3 is 1. The summed E-state index contributed by atoms with van der Waals surface area (Å²) in [5, 5.41) is 13.3.